The Morgan fingerprint density at radius 3 is 2.57 bits per heavy atom. The molecule has 0 aliphatic carbocycles. The summed E-state index contributed by atoms with van der Waals surface area (Å²) in [7, 11) is 0. The lowest BCUT2D eigenvalue weighted by Crippen LogP contribution is -2.37. The first-order chi connectivity index (χ1) is 10.1. The highest BCUT2D eigenvalue weighted by molar-refractivity contribution is 6.33. The van der Waals surface area contributed by atoms with E-state index >= 15 is 0 Å². The Morgan fingerprint density at radius 1 is 1.29 bits per heavy atom. The molecule has 1 aliphatic heterocycles. The molecule has 0 bridgehead atoms. The minimum absolute atomic E-state index is 0.0801. The van der Waals surface area contributed by atoms with Gasteiger partial charge in [-0.25, -0.2) is 0 Å². The average molecular weight is 311 g/mol. The third-order valence-electron chi connectivity index (χ3n) is 3.74. The van der Waals surface area contributed by atoms with E-state index < -0.39 is 5.97 Å². The number of carbonyl (C=O) groups excluding carboxylic acids is 1. The van der Waals surface area contributed by atoms with Gasteiger partial charge in [0.05, 0.1) is 16.6 Å². The molecule has 0 saturated carbocycles. The van der Waals surface area contributed by atoms with Gasteiger partial charge in [-0.2, -0.15) is 0 Å². The van der Waals surface area contributed by atoms with Crippen LogP contribution in [-0.4, -0.2) is 41.5 Å². The number of hydrogen-bond donors (Lipinski definition) is 2. The molecule has 0 atom stereocenters. The number of para-hydroxylation sites is 1. The molecule has 0 radical (unpaired) electrons. The van der Waals surface area contributed by atoms with Crippen LogP contribution in [0.2, 0.25) is 5.02 Å². The van der Waals surface area contributed by atoms with Gasteiger partial charge in [0, 0.05) is 13.0 Å². The number of halogens is 1. The van der Waals surface area contributed by atoms with Gasteiger partial charge in [-0.1, -0.05) is 23.7 Å². The number of anilines is 1. The molecule has 0 spiro atoms. The van der Waals surface area contributed by atoms with Crippen LogP contribution >= 0.6 is 11.6 Å². The highest BCUT2D eigenvalue weighted by Gasteiger charge is 2.24. The van der Waals surface area contributed by atoms with E-state index in [4.69, 9.17) is 16.7 Å². The largest absolute Gasteiger partial charge is 0.481 e. The normalized spacial score (nSPS) is 16.6. The van der Waals surface area contributed by atoms with Gasteiger partial charge < -0.3 is 15.3 Å². The zero-order valence-electron chi connectivity index (χ0n) is 11.7. The zero-order valence-corrected chi connectivity index (χ0v) is 12.5. The summed E-state index contributed by atoms with van der Waals surface area (Å²) in [5.74, 6) is -1.03. The number of carboxylic acids is 1. The maximum atomic E-state index is 11.9. The fraction of sp³-hybridized carbons (Fsp3) is 0.467. The van der Waals surface area contributed by atoms with Gasteiger partial charge >= 0.3 is 5.97 Å². The van der Waals surface area contributed by atoms with Crippen LogP contribution in [0.1, 0.15) is 19.3 Å². The number of piperidine rings is 1. The van der Waals surface area contributed by atoms with Crippen LogP contribution in [0.3, 0.4) is 0 Å². The lowest BCUT2D eigenvalue weighted by atomic mass is 9.97. The fourth-order valence-corrected chi connectivity index (χ4v) is 2.62. The summed E-state index contributed by atoms with van der Waals surface area (Å²) < 4.78 is 0. The number of carboxylic acid groups (broad SMARTS) is 1. The third kappa shape index (κ3) is 4.72. The van der Waals surface area contributed by atoms with E-state index in [9.17, 15) is 9.59 Å². The van der Waals surface area contributed by atoms with Crippen LogP contribution in [-0.2, 0) is 9.59 Å². The van der Waals surface area contributed by atoms with Crippen LogP contribution in [0.15, 0.2) is 24.3 Å². The van der Waals surface area contributed by atoms with Gasteiger partial charge in [0.1, 0.15) is 0 Å². The number of nitrogens with zero attached hydrogens (tertiary/aromatic N) is 1. The molecule has 1 aromatic rings. The van der Waals surface area contributed by atoms with Crippen molar-refractivity contribution in [1.29, 1.82) is 0 Å². The number of likely N-dealkylation sites (tertiary alicyclic amines) is 1. The van der Waals surface area contributed by atoms with Crippen molar-refractivity contribution in [3.05, 3.63) is 29.3 Å². The topological polar surface area (TPSA) is 69.6 Å². The molecular formula is C15H19ClN2O3. The molecule has 0 aromatic heterocycles. The monoisotopic (exact) mass is 310 g/mol. The van der Waals surface area contributed by atoms with E-state index in [0.717, 1.165) is 13.1 Å². The number of nitrogens with one attached hydrogen (secondary N) is 1. The molecule has 2 rings (SSSR count). The zero-order chi connectivity index (χ0) is 15.2. The van der Waals surface area contributed by atoms with Gasteiger partial charge in [0.15, 0.2) is 0 Å². The third-order valence-corrected chi connectivity index (χ3v) is 4.07. The Labute approximate surface area is 128 Å². The van der Waals surface area contributed by atoms with Gasteiger partial charge in [0.2, 0.25) is 5.91 Å². The van der Waals surface area contributed by atoms with E-state index in [2.05, 4.69) is 10.2 Å². The predicted octanol–water partition coefficient (Wildman–Crippen LogP) is 2.47. The summed E-state index contributed by atoms with van der Waals surface area (Å²) in [6, 6.07) is 7.12. The first-order valence-electron chi connectivity index (χ1n) is 7.06. The summed E-state index contributed by atoms with van der Waals surface area (Å²) in [5.41, 5.74) is 0.619. The molecule has 1 amide bonds. The van der Waals surface area contributed by atoms with Crippen molar-refractivity contribution in [2.75, 3.05) is 25.0 Å². The molecule has 6 heteroatoms. The van der Waals surface area contributed by atoms with Gasteiger partial charge in [0.25, 0.3) is 0 Å². The molecule has 114 valence electrons. The van der Waals surface area contributed by atoms with Gasteiger partial charge in [-0.05, 0) is 38.1 Å². The summed E-state index contributed by atoms with van der Waals surface area (Å²) in [6.07, 6.45) is 1.69. The van der Waals surface area contributed by atoms with E-state index in [1.54, 1.807) is 12.1 Å². The smallest absolute Gasteiger partial charge is 0.306 e. The molecular weight excluding hydrogens is 292 g/mol. The minimum Gasteiger partial charge on any atom is -0.481 e. The van der Waals surface area contributed by atoms with Crippen molar-refractivity contribution in [2.45, 2.75) is 19.3 Å². The lowest BCUT2D eigenvalue weighted by molar-refractivity contribution is -0.143. The van der Waals surface area contributed by atoms with Crippen molar-refractivity contribution in [2.24, 2.45) is 5.92 Å². The molecule has 0 unspecified atom stereocenters. The first-order valence-corrected chi connectivity index (χ1v) is 7.43. The molecule has 1 aliphatic rings. The Kier molecular flexibility index (Phi) is 5.59. The Morgan fingerprint density at radius 2 is 1.95 bits per heavy atom. The minimum atomic E-state index is -0.717. The van der Waals surface area contributed by atoms with Crippen LogP contribution in [0.4, 0.5) is 5.69 Å². The maximum absolute atomic E-state index is 11.9. The average Bonchev–Trinajstić information content (AvgIpc) is 2.48. The molecule has 1 fully saturated rings. The van der Waals surface area contributed by atoms with E-state index in [1.807, 2.05) is 12.1 Å². The fourth-order valence-electron chi connectivity index (χ4n) is 2.44. The Balaban J connectivity index is 1.73. The number of benzene rings is 1. The Bertz CT molecular complexity index is 513. The molecule has 2 N–H and O–H groups in total. The second-order valence-electron chi connectivity index (χ2n) is 5.23. The second kappa shape index (κ2) is 7.43. The summed E-state index contributed by atoms with van der Waals surface area (Å²) in [5, 5.41) is 12.2. The number of amides is 1. The van der Waals surface area contributed by atoms with Gasteiger partial charge in [-0.15, -0.1) is 0 Å². The highest BCUT2D eigenvalue weighted by atomic mass is 35.5. The van der Waals surface area contributed by atoms with Crippen molar-refractivity contribution in [3.63, 3.8) is 0 Å². The molecule has 1 aromatic carbocycles. The van der Waals surface area contributed by atoms with Crippen molar-refractivity contribution < 1.29 is 14.7 Å². The first kappa shape index (κ1) is 15.8. The quantitative estimate of drug-likeness (QED) is 0.876. The van der Waals surface area contributed by atoms with Crippen LogP contribution in [0, 0.1) is 5.92 Å². The standard InChI is InChI=1S/C15H19ClN2O3/c16-12-3-1-2-4-13(12)17-14(19)7-10-18-8-5-11(6-9-18)15(20)21/h1-4,11H,5-10H2,(H,17,19)(H,20,21). The number of aliphatic carboxylic acids is 1. The number of hydrogen-bond acceptors (Lipinski definition) is 3. The molecule has 1 heterocycles. The molecule has 21 heavy (non-hydrogen) atoms. The number of carbonyl (C=O) groups is 2. The van der Waals surface area contributed by atoms with Gasteiger partial charge in [-0.3, -0.25) is 9.59 Å². The Hall–Kier alpha value is -1.59. The van der Waals surface area contributed by atoms with Crippen molar-refractivity contribution in [1.82, 2.24) is 4.90 Å². The van der Waals surface area contributed by atoms with E-state index in [1.165, 1.54) is 0 Å². The number of rotatable bonds is 5. The SMILES string of the molecule is O=C(CCN1CCC(C(=O)O)CC1)Nc1ccccc1Cl. The summed E-state index contributed by atoms with van der Waals surface area (Å²) in [4.78, 5) is 24.9. The van der Waals surface area contributed by atoms with Crippen molar-refractivity contribution in [3.8, 4) is 0 Å². The molecule has 1 saturated heterocycles. The second-order valence-corrected chi connectivity index (χ2v) is 5.64. The van der Waals surface area contributed by atoms with Crippen LogP contribution in [0.25, 0.3) is 0 Å². The summed E-state index contributed by atoms with van der Waals surface area (Å²) in [6.45, 7) is 2.11. The summed E-state index contributed by atoms with van der Waals surface area (Å²) >= 11 is 5.98. The predicted molar refractivity (Wildman–Crippen MR) is 81.5 cm³/mol. The maximum Gasteiger partial charge on any atom is 0.306 e. The highest BCUT2D eigenvalue weighted by Crippen LogP contribution is 2.21. The van der Waals surface area contributed by atoms with E-state index in [-0.39, 0.29) is 11.8 Å². The van der Waals surface area contributed by atoms with E-state index in [0.29, 0.717) is 36.5 Å². The van der Waals surface area contributed by atoms with Crippen molar-refractivity contribution >= 4 is 29.2 Å². The van der Waals surface area contributed by atoms with Crippen LogP contribution in [0.5, 0.6) is 0 Å². The lowest BCUT2D eigenvalue weighted by Gasteiger charge is -2.29. The molecule has 5 nitrogen and oxygen atoms in total. The van der Waals surface area contributed by atoms with Crippen LogP contribution < -0.4 is 5.32 Å².